The van der Waals surface area contributed by atoms with Gasteiger partial charge in [0.1, 0.15) is 0 Å². The van der Waals surface area contributed by atoms with Gasteiger partial charge in [-0.15, -0.1) is 0 Å². The van der Waals surface area contributed by atoms with Crippen LogP contribution in [0.5, 0.6) is 0 Å². The molecular weight excluding hydrogens is 258 g/mol. The molecule has 0 bridgehead atoms. The molecule has 0 saturated heterocycles. The first-order valence-corrected chi connectivity index (χ1v) is 7.75. The zero-order valence-corrected chi connectivity index (χ0v) is 11.4. The van der Waals surface area contributed by atoms with Gasteiger partial charge in [0, 0.05) is 16.0 Å². The summed E-state index contributed by atoms with van der Waals surface area (Å²) >= 11 is 3.60. The molecule has 0 fully saturated rings. The van der Waals surface area contributed by atoms with E-state index in [4.69, 9.17) is 0 Å². The lowest BCUT2D eigenvalue weighted by atomic mass is 10.1. The van der Waals surface area contributed by atoms with Gasteiger partial charge in [0.05, 0.1) is 5.55 Å². The Morgan fingerprint density at radius 2 is 1.83 bits per heavy atom. The zero-order valence-electron chi connectivity index (χ0n) is 9.72. The second-order valence-electron chi connectivity index (χ2n) is 4.48. The lowest BCUT2D eigenvalue weighted by Gasteiger charge is -2.12. The third kappa shape index (κ3) is 1.54. The monoisotopic (exact) mass is 269 g/mol. The van der Waals surface area contributed by atoms with Gasteiger partial charge < -0.3 is 0 Å². The Morgan fingerprint density at radius 1 is 0.944 bits per heavy atom. The molecule has 0 aromatic rings. The summed E-state index contributed by atoms with van der Waals surface area (Å²) in [6.07, 6.45) is 13.2. The molecule has 0 unspecified atom stereocenters. The molecule has 18 heavy (non-hydrogen) atoms. The number of rotatable bonds is 0. The second-order valence-corrected chi connectivity index (χ2v) is 6.25. The van der Waals surface area contributed by atoms with Crippen LogP contribution in [-0.2, 0) is 0 Å². The Hall–Kier alpha value is -1.19. The first kappa shape index (κ1) is 10.7. The largest absolute Gasteiger partial charge is 0.257 e. The zero-order chi connectivity index (χ0) is 11.9. The van der Waals surface area contributed by atoms with Crippen molar-refractivity contribution in [1.82, 2.24) is 0 Å². The van der Waals surface area contributed by atoms with Crippen LogP contribution >= 0.6 is 23.5 Å². The average molecular weight is 269 g/mol. The van der Waals surface area contributed by atoms with Crippen LogP contribution in [0.25, 0.3) is 0 Å². The molecule has 2 aliphatic heterocycles. The Bertz CT molecular complexity index is 639. The number of aliphatic imine (C=N–C) groups is 1. The normalized spacial score (nSPS) is 24.4. The SMILES string of the molecule is C1=CSC2=C3C=CCC4=CN=CSC4=C3C=C2C1. The first-order chi connectivity index (χ1) is 8.93. The predicted octanol–water partition coefficient (Wildman–Crippen LogP) is 4.70. The molecule has 0 saturated carbocycles. The van der Waals surface area contributed by atoms with Gasteiger partial charge in [-0.1, -0.05) is 41.8 Å². The minimum absolute atomic E-state index is 0.990. The van der Waals surface area contributed by atoms with E-state index in [9.17, 15) is 0 Å². The molecule has 0 spiro atoms. The van der Waals surface area contributed by atoms with Gasteiger partial charge in [-0.05, 0) is 46.6 Å². The van der Waals surface area contributed by atoms with Crippen molar-refractivity contribution in [3.05, 3.63) is 68.0 Å². The summed E-state index contributed by atoms with van der Waals surface area (Å²) in [5, 5.41) is 2.21. The summed E-state index contributed by atoms with van der Waals surface area (Å²) in [7, 11) is 0. The minimum Gasteiger partial charge on any atom is -0.257 e. The van der Waals surface area contributed by atoms with Crippen LogP contribution in [0.15, 0.2) is 73.0 Å². The Morgan fingerprint density at radius 3 is 2.83 bits per heavy atom. The van der Waals surface area contributed by atoms with Crippen molar-refractivity contribution in [2.45, 2.75) is 12.8 Å². The molecule has 2 heterocycles. The molecular formula is C15H11NS2. The maximum Gasteiger partial charge on any atom is 0.0644 e. The van der Waals surface area contributed by atoms with E-state index in [2.05, 4.69) is 34.7 Å². The van der Waals surface area contributed by atoms with Crippen LogP contribution in [0.4, 0.5) is 0 Å². The number of thioether (sulfide) groups is 2. The molecule has 4 rings (SSSR count). The van der Waals surface area contributed by atoms with Crippen molar-refractivity contribution in [2.24, 2.45) is 4.99 Å². The van der Waals surface area contributed by atoms with E-state index in [1.54, 1.807) is 11.8 Å². The molecule has 0 aromatic carbocycles. The van der Waals surface area contributed by atoms with E-state index >= 15 is 0 Å². The summed E-state index contributed by atoms with van der Waals surface area (Å²) in [4.78, 5) is 7.10. The quantitative estimate of drug-likeness (QED) is 0.631. The molecule has 0 radical (unpaired) electrons. The van der Waals surface area contributed by atoms with Gasteiger partial charge in [-0.25, -0.2) is 0 Å². The highest BCUT2D eigenvalue weighted by Crippen LogP contribution is 2.48. The molecule has 2 aliphatic carbocycles. The van der Waals surface area contributed by atoms with Crippen molar-refractivity contribution in [1.29, 1.82) is 0 Å². The lowest BCUT2D eigenvalue weighted by molar-refractivity contribution is 1.24. The molecule has 0 amide bonds. The van der Waals surface area contributed by atoms with E-state index in [1.807, 2.05) is 23.5 Å². The first-order valence-electron chi connectivity index (χ1n) is 5.99. The summed E-state index contributed by atoms with van der Waals surface area (Å²) in [6, 6.07) is 0. The third-order valence-electron chi connectivity index (χ3n) is 3.39. The standard InChI is InChI=1S/C15H11NS2/c1-3-11-8-16-9-18-15(11)13-7-10-4-2-6-17-14(10)12(13)5-1/h1-2,5-9H,3-4H2. The van der Waals surface area contributed by atoms with Gasteiger partial charge in [-0.2, -0.15) is 0 Å². The Kier molecular flexibility index (Phi) is 2.49. The third-order valence-corrected chi connectivity index (χ3v) is 5.38. The molecule has 0 N–H and O–H groups in total. The number of hydrogen-bond acceptors (Lipinski definition) is 3. The highest BCUT2D eigenvalue weighted by atomic mass is 32.2. The van der Waals surface area contributed by atoms with E-state index in [0.717, 1.165) is 12.8 Å². The fourth-order valence-corrected chi connectivity index (χ4v) is 4.31. The van der Waals surface area contributed by atoms with Gasteiger partial charge in [0.25, 0.3) is 0 Å². The van der Waals surface area contributed by atoms with Crippen LogP contribution in [0.3, 0.4) is 0 Å². The van der Waals surface area contributed by atoms with Crippen LogP contribution in [0, 0.1) is 0 Å². The summed E-state index contributed by atoms with van der Waals surface area (Å²) in [5.74, 6) is 0. The number of hydrogen-bond donors (Lipinski definition) is 0. The Balaban J connectivity index is 1.95. The Labute approximate surface area is 115 Å². The van der Waals surface area contributed by atoms with Crippen LogP contribution in [0.2, 0.25) is 0 Å². The van der Waals surface area contributed by atoms with E-state index < -0.39 is 0 Å². The molecule has 4 aliphatic rings. The lowest BCUT2D eigenvalue weighted by Crippen LogP contribution is -1.92. The highest BCUT2D eigenvalue weighted by Gasteiger charge is 2.26. The van der Waals surface area contributed by atoms with Gasteiger partial charge in [0.15, 0.2) is 0 Å². The van der Waals surface area contributed by atoms with Crippen molar-refractivity contribution in [2.75, 3.05) is 0 Å². The van der Waals surface area contributed by atoms with E-state index in [1.165, 1.54) is 32.1 Å². The maximum atomic E-state index is 4.26. The van der Waals surface area contributed by atoms with Crippen molar-refractivity contribution in [3.63, 3.8) is 0 Å². The van der Waals surface area contributed by atoms with Crippen LogP contribution in [-0.4, -0.2) is 5.55 Å². The molecule has 0 aromatic heterocycles. The molecule has 0 atom stereocenters. The van der Waals surface area contributed by atoms with E-state index in [0.29, 0.717) is 0 Å². The van der Waals surface area contributed by atoms with Gasteiger partial charge in [-0.3, -0.25) is 4.99 Å². The fourth-order valence-electron chi connectivity index (χ4n) is 2.57. The number of allylic oxidation sites excluding steroid dienone is 8. The van der Waals surface area contributed by atoms with Gasteiger partial charge >= 0.3 is 0 Å². The highest BCUT2D eigenvalue weighted by molar-refractivity contribution is 8.15. The predicted molar refractivity (Wildman–Crippen MR) is 81.4 cm³/mol. The van der Waals surface area contributed by atoms with Crippen LogP contribution in [0.1, 0.15) is 12.8 Å². The maximum absolute atomic E-state index is 4.26. The smallest absolute Gasteiger partial charge is 0.0644 e. The fraction of sp³-hybridized carbons (Fsp3) is 0.133. The second kappa shape index (κ2) is 4.18. The van der Waals surface area contributed by atoms with E-state index in [-0.39, 0.29) is 0 Å². The van der Waals surface area contributed by atoms with Crippen molar-refractivity contribution >= 4 is 29.1 Å². The summed E-state index contributed by atoms with van der Waals surface area (Å²) < 4.78 is 0. The topological polar surface area (TPSA) is 12.4 Å². The molecule has 3 heteroatoms. The number of nitrogens with zero attached hydrogens (tertiary/aromatic N) is 1. The van der Waals surface area contributed by atoms with Gasteiger partial charge in [0.2, 0.25) is 0 Å². The van der Waals surface area contributed by atoms with Crippen LogP contribution < -0.4 is 0 Å². The number of fused-ring (bicyclic) bond motifs is 3. The summed E-state index contributed by atoms with van der Waals surface area (Å²) in [5.41, 5.74) is 7.55. The average Bonchev–Trinajstić information content (AvgIpc) is 2.69. The minimum atomic E-state index is 0.990. The molecule has 1 nitrogen and oxygen atoms in total. The molecule has 88 valence electrons. The summed E-state index contributed by atoms with van der Waals surface area (Å²) in [6.45, 7) is 0. The van der Waals surface area contributed by atoms with Crippen molar-refractivity contribution in [3.8, 4) is 0 Å². The van der Waals surface area contributed by atoms with Crippen molar-refractivity contribution < 1.29 is 0 Å².